The predicted molar refractivity (Wildman–Crippen MR) is 418 cm³/mol. The normalized spacial score (nSPS) is 35.4. The van der Waals surface area contributed by atoms with Crippen LogP contribution in [0.3, 0.4) is 0 Å². The molecule has 668 valence electrons. The Kier molecular flexibility index (Phi) is 39.1. The molecule has 2 aromatic rings. The molecule has 0 spiro atoms. The second kappa shape index (κ2) is 47.7. The summed E-state index contributed by atoms with van der Waals surface area (Å²) in [7, 11) is 23.4. The number of esters is 1. The van der Waals surface area contributed by atoms with Gasteiger partial charge in [-0.05, 0) is 36.1 Å². The van der Waals surface area contributed by atoms with E-state index in [-0.39, 0.29) is 75.0 Å². The average molecular weight is 1720 g/mol. The number of hydrogen-bond acceptors (Lipinski definition) is 35. The zero-order chi connectivity index (χ0) is 85.4. The minimum Gasteiger partial charge on any atom is -0.465 e. The van der Waals surface area contributed by atoms with Crippen molar-refractivity contribution in [3.8, 4) is 11.1 Å². The fourth-order valence-electron chi connectivity index (χ4n) is 16.5. The number of rotatable bonds is 44. The zero-order valence-electron chi connectivity index (χ0n) is 70.1. The van der Waals surface area contributed by atoms with E-state index in [1.54, 1.807) is 13.8 Å². The number of hydrogen-bond donors (Lipinski definition) is 6. The van der Waals surface area contributed by atoms with E-state index in [0.717, 1.165) is 34.0 Å². The van der Waals surface area contributed by atoms with Crippen LogP contribution in [0.25, 0.3) is 11.1 Å². The highest BCUT2D eigenvalue weighted by Gasteiger charge is 2.59. The number of thiol groups is 1. The Morgan fingerprint density at radius 2 is 0.695 bits per heavy atom. The highest BCUT2D eigenvalue weighted by atomic mass is 32.2. The standard InChI is InChI=1S/C78H121N5O33S2/c1-38-55(80-51(86)35-117)61(94-7)69(102-15)75(107-38)113-59-47(33-92-5)112-78(72(105-18)65(59)98-11)116-58-46(32-91-4)110-74(68(101-14)64(58)97-10)83-50(85)29-79-52(87)36-118-37-53(88)81-56-39(2)108-76(70(103-16)62(56)95-8)114-60-48(34-93-6)111-77(71(104-17)66(60)99-12)115-57-45(31-90-3)109-73(67(100-13)63(57)96-9)82-49(84)27-28-54(89)106-30-44-42-25-21-19-23-40(42)41-24-20-22-26-43(41)44/h19-26,38-39,44-48,55-78,117H,27-37H2,1-18H3,(H,79,87)(H,80,86)(H,81,88)(H,82,84)(H,83,85)/t38?,39?,45?,46?,47?,48?,55-,56-,57+,58+,59+,60+,61-,62-,63-,64-,65-,66-,67?,68?,69?,70?,71?,72?,73?,74?,75+,76+,77+,78+/m1/s1. The van der Waals surface area contributed by atoms with E-state index in [2.05, 4.69) is 51.3 Å². The van der Waals surface area contributed by atoms with Crippen LogP contribution in [0.5, 0.6) is 0 Å². The first-order chi connectivity index (χ1) is 57.1. The minimum atomic E-state index is -1.22. The lowest BCUT2D eigenvalue weighted by Crippen LogP contribution is -2.69. The molecule has 6 saturated heterocycles. The van der Waals surface area contributed by atoms with E-state index in [1.807, 2.05) is 36.4 Å². The third kappa shape index (κ3) is 23.3. The minimum absolute atomic E-state index is 0.0183. The van der Waals surface area contributed by atoms with Crippen LogP contribution < -0.4 is 26.6 Å². The smallest absolute Gasteiger partial charge is 0.306 e. The number of carbonyl (C=O) groups is 6. The van der Waals surface area contributed by atoms with Crippen molar-refractivity contribution < 1.29 is 157 Å². The van der Waals surface area contributed by atoms with Crippen molar-refractivity contribution in [3.63, 3.8) is 0 Å². The molecule has 38 nitrogen and oxygen atoms in total. The lowest BCUT2D eigenvalue weighted by atomic mass is 9.94. The number of methoxy groups -OCH3 is 16. The fourth-order valence-corrected chi connectivity index (χ4v) is 17.3. The summed E-state index contributed by atoms with van der Waals surface area (Å²) in [5.74, 6) is -3.65. The van der Waals surface area contributed by atoms with Gasteiger partial charge in [0.25, 0.3) is 0 Å². The lowest BCUT2D eigenvalue weighted by molar-refractivity contribution is -0.374. The number of nitrogens with one attached hydrogen (secondary N) is 5. The van der Waals surface area contributed by atoms with Gasteiger partial charge in [0.2, 0.25) is 29.5 Å². The van der Waals surface area contributed by atoms with E-state index < -0.39 is 220 Å². The van der Waals surface area contributed by atoms with Crippen LogP contribution in [0.15, 0.2) is 48.5 Å². The third-order valence-electron chi connectivity index (χ3n) is 22.1. The Morgan fingerprint density at radius 3 is 1.08 bits per heavy atom. The van der Waals surface area contributed by atoms with Crippen molar-refractivity contribution in [2.24, 2.45) is 0 Å². The van der Waals surface area contributed by atoms with Crippen LogP contribution in [0.2, 0.25) is 0 Å². The molecule has 118 heavy (non-hydrogen) atoms. The number of fused-ring (bicyclic) bond motifs is 3. The van der Waals surface area contributed by atoms with Gasteiger partial charge in [-0.15, -0.1) is 11.8 Å². The maximum Gasteiger partial charge on any atom is 0.306 e. The van der Waals surface area contributed by atoms with Gasteiger partial charge in [-0.25, -0.2) is 0 Å². The summed E-state index contributed by atoms with van der Waals surface area (Å²) in [4.78, 5) is 80.2. The van der Waals surface area contributed by atoms with Crippen LogP contribution in [-0.4, -0.2) is 390 Å². The first-order valence-electron chi connectivity index (χ1n) is 38.9. The molecule has 7 aliphatic rings. The van der Waals surface area contributed by atoms with Crippen LogP contribution in [-0.2, 0) is 157 Å². The van der Waals surface area contributed by atoms with E-state index in [0.29, 0.717) is 0 Å². The number of benzene rings is 2. The van der Waals surface area contributed by atoms with Gasteiger partial charge in [0.05, 0.1) is 80.9 Å². The van der Waals surface area contributed by atoms with Crippen LogP contribution >= 0.6 is 24.4 Å². The largest absolute Gasteiger partial charge is 0.465 e. The number of ether oxygens (including phenoxy) is 27. The van der Waals surface area contributed by atoms with Crippen LogP contribution in [0, 0.1) is 0 Å². The summed E-state index contributed by atoms with van der Waals surface area (Å²) in [5, 5.41) is 14.1. The van der Waals surface area contributed by atoms with Crippen LogP contribution in [0.1, 0.15) is 43.7 Å². The van der Waals surface area contributed by atoms with Crippen molar-refractivity contribution in [2.75, 3.05) is 171 Å². The van der Waals surface area contributed by atoms with E-state index in [4.69, 9.17) is 128 Å². The molecule has 5 N–H and O–H groups in total. The quantitative estimate of drug-likeness (QED) is 0.0369. The molecule has 6 fully saturated rings. The molecule has 0 bridgehead atoms. The third-order valence-corrected chi connectivity index (χ3v) is 23.3. The lowest BCUT2D eigenvalue weighted by Gasteiger charge is -2.51. The van der Waals surface area contributed by atoms with E-state index in [9.17, 15) is 28.8 Å². The highest BCUT2D eigenvalue weighted by Crippen LogP contribution is 2.45. The van der Waals surface area contributed by atoms with E-state index >= 15 is 0 Å². The Morgan fingerprint density at radius 1 is 0.356 bits per heavy atom. The number of carbonyl (C=O) groups excluding carboxylic acids is 6. The van der Waals surface area contributed by atoms with E-state index in [1.165, 1.54) is 114 Å². The second-order valence-electron chi connectivity index (χ2n) is 29.0. The molecule has 0 aromatic heterocycles. The van der Waals surface area contributed by atoms with Gasteiger partial charge in [0.1, 0.15) is 129 Å². The molecular formula is C78H121N5O33S2. The Hall–Kier alpha value is -5.08. The van der Waals surface area contributed by atoms with Gasteiger partial charge >= 0.3 is 5.97 Å². The number of thioether (sulfide) groups is 1. The van der Waals surface area contributed by atoms with Crippen LogP contribution in [0.4, 0.5) is 0 Å². The summed E-state index contributed by atoms with van der Waals surface area (Å²) in [5.41, 5.74) is 4.33. The molecule has 0 radical (unpaired) electrons. The fraction of sp³-hybridized carbons (Fsp3) is 0.769. The topological polar surface area (TPSA) is 412 Å². The molecule has 14 unspecified atom stereocenters. The monoisotopic (exact) mass is 1720 g/mol. The summed E-state index contributed by atoms with van der Waals surface area (Å²) in [6, 6.07) is 14.6. The molecule has 5 amide bonds. The molecule has 30 atom stereocenters. The van der Waals surface area contributed by atoms with Gasteiger partial charge in [0.15, 0.2) is 37.6 Å². The molecular weight excluding hydrogens is 1600 g/mol. The number of amides is 5. The van der Waals surface area contributed by atoms with Gasteiger partial charge in [-0.2, -0.15) is 12.6 Å². The molecule has 40 heteroatoms. The Bertz CT molecular complexity index is 3400. The van der Waals surface area contributed by atoms with Crippen molar-refractivity contribution in [3.05, 3.63) is 59.7 Å². The van der Waals surface area contributed by atoms with Gasteiger partial charge in [-0.1, -0.05) is 48.5 Å². The second-order valence-corrected chi connectivity index (χ2v) is 30.3. The van der Waals surface area contributed by atoms with Crippen molar-refractivity contribution in [1.82, 2.24) is 26.6 Å². The first kappa shape index (κ1) is 96.7. The summed E-state index contributed by atoms with van der Waals surface area (Å²) < 4.78 is 167. The molecule has 6 aliphatic heterocycles. The molecule has 6 heterocycles. The maximum absolute atomic E-state index is 13.8. The SMILES string of the molecule is COCC1OC(NC(=O)CNC(=O)CSCC(=O)N[C@@H]2C(C)O[C@@H](O[C@H]3C(COC)O[C@@H](O[C@H]4C(COC)OC(NC(=O)CCC(=O)OCC5c6ccccc6-c6ccccc65)C(OC)[C@@H]4OC)C(OC)[C@@H]3OC)C(OC)[C@@H]2OC)C(OC)[C@H](OC)[C@H]1O[C@@H]1OC(COC)[C@H](O[C@@H]2OC(C)[C@@H](NC(=O)CS)[C@@H](OC)C2OC)[C@@H](OC)C1OC. The summed E-state index contributed by atoms with van der Waals surface area (Å²) >= 11 is 5.11. The van der Waals surface area contributed by atoms with Crippen molar-refractivity contribution in [2.45, 2.75) is 217 Å². The Labute approximate surface area is 698 Å². The van der Waals surface area contributed by atoms with Crippen molar-refractivity contribution >= 4 is 59.9 Å². The molecule has 0 saturated carbocycles. The van der Waals surface area contributed by atoms with Crippen molar-refractivity contribution in [1.29, 1.82) is 0 Å². The molecule has 2 aromatic carbocycles. The molecule has 1 aliphatic carbocycles. The Balaban J connectivity index is 0.749. The zero-order valence-corrected chi connectivity index (χ0v) is 71.8. The average Bonchev–Trinajstić information content (AvgIpc) is 1.52. The highest BCUT2D eigenvalue weighted by molar-refractivity contribution is 8.00. The summed E-state index contributed by atoms with van der Waals surface area (Å²) in [6.07, 6.45) is -27.5. The van der Waals surface area contributed by atoms with Gasteiger partial charge < -0.3 is 154 Å². The summed E-state index contributed by atoms with van der Waals surface area (Å²) in [6.45, 7) is 2.94. The van der Waals surface area contributed by atoms with Gasteiger partial charge in [0, 0.05) is 126 Å². The maximum atomic E-state index is 13.8. The van der Waals surface area contributed by atoms with Gasteiger partial charge in [-0.3, -0.25) is 28.8 Å². The predicted octanol–water partition coefficient (Wildman–Crippen LogP) is -0.201. The molecule has 9 rings (SSSR count). The first-order valence-corrected chi connectivity index (χ1v) is 40.7.